The number of rotatable bonds is 3. The first-order valence-electron chi connectivity index (χ1n) is 6.77. The number of aromatic amines is 2. The van der Waals surface area contributed by atoms with Gasteiger partial charge in [0.2, 0.25) is 0 Å². The maximum absolute atomic E-state index is 11.3. The molecular formula is C16H16BrN3O. The Morgan fingerprint density at radius 2 is 1.86 bits per heavy atom. The maximum atomic E-state index is 11.3. The van der Waals surface area contributed by atoms with Crippen molar-refractivity contribution in [1.29, 1.82) is 0 Å². The van der Waals surface area contributed by atoms with Crippen molar-refractivity contribution in [2.45, 2.75) is 19.9 Å². The van der Waals surface area contributed by atoms with Crippen molar-refractivity contribution in [3.05, 3.63) is 62.5 Å². The number of hydrogen-bond donors (Lipinski definition) is 3. The van der Waals surface area contributed by atoms with Gasteiger partial charge in [-0.05, 0) is 55.3 Å². The summed E-state index contributed by atoms with van der Waals surface area (Å²) in [6, 6.07) is 12.3. The van der Waals surface area contributed by atoms with Crippen LogP contribution in [0.5, 0.6) is 0 Å². The van der Waals surface area contributed by atoms with E-state index in [-0.39, 0.29) is 11.7 Å². The van der Waals surface area contributed by atoms with Gasteiger partial charge in [-0.15, -0.1) is 0 Å². The predicted octanol–water partition coefficient (Wildman–Crippen LogP) is 4.10. The van der Waals surface area contributed by atoms with E-state index in [0.29, 0.717) is 0 Å². The first-order valence-corrected chi connectivity index (χ1v) is 7.57. The number of aromatic nitrogens is 2. The fraction of sp³-hybridized carbons (Fsp3) is 0.188. The number of H-pyrrole nitrogens is 2. The Labute approximate surface area is 130 Å². The molecule has 2 aromatic carbocycles. The van der Waals surface area contributed by atoms with Crippen LogP contribution in [0.3, 0.4) is 0 Å². The van der Waals surface area contributed by atoms with Gasteiger partial charge in [0.05, 0.1) is 11.0 Å². The second kappa shape index (κ2) is 5.41. The molecule has 1 aromatic heterocycles. The molecule has 0 saturated carbocycles. The van der Waals surface area contributed by atoms with Crippen molar-refractivity contribution in [2.75, 3.05) is 5.32 Å². The van der Waals surface area contributed by atoms with Crippen molar-refractivity contribution in [1.82, 2.24) is 9.97 Å². The topological polar surface area (TPSA) is 60.7 Å². The van der Waals surface area contributed by atoms with Crippen LogP contribution >= 0.6 is 15.9 Å². The van der Waals surface area contributed by atoms with Gasteiger partial charge in [0, 0.05) is 16.2 Å². The molecule has 3 rings (SSSR count). The summed E-state index contributed by atoms with van der Waals surface area (Å²) in [4.78, 5) is 16.9. The summed E-state index contributed by atoms with van der Waals surface area (Å²) in [5.41, 5.74) is 4.90. The van der Waals surface area contributed by atoms with E-state index in [1.54, 1.807) is 0 Å². The summed E-state index contributed by atoms with van der Waals surface area (Å²) < 4.78 is 1.07. The van der Waals surface area contributed by atoms with Crippen LogP contribution in [0.1, 0.15) is 24.1 Å². The number of hydrogen-bond acceptors (Lipinski definition) is 2. The van der Waals surface area contributed by atoms with Crippen molar-refractivity contribution in [3.8, 4) is 0 Å². The monoisotopic (exact) mass is 345 g/mol. The van der Waals surface area contributed by atoms with Gasteiger partial charge >= 0.3 is 5.69 Å². The van der Waals surface area contributed by atoms with Gasteiger partial charge in [0.25, 0.3) is 0 Å². The number of imidazole rings is 1. The molecule has 1 unspecified atom stereocenters. The summed E-state index contributed by atoms with van der Waals surface area (Å²) in [5, 5.41) is 3.50. The van der Waals surface area contributed by atoms with Gasteiger partial charge in [0.15, 0.2) is 0 Å². The van der Waals surface area contributed by atoms with Crippen LogP contribution in [0.2, 0.25) is 0 Å². The predicted molar refractivity (Wildman–Crippen MR) is 89.8 cm³/mol. The lowest BCUT2D eigenvalue weighted by Crippen LogP contribution is -2.07. The van der Waals surface area contributed by atoms with E-state index >= 15 is 0 Å². The van der Waals surface area contributed by atoms with E-state index in [0.717, 1.165) is 26.8 Å². The average molecular weight is 346 g/mol. The van der Waals surface area contributed by atoms with Gasteiger partial charge < -0.3 is 15.3 Å². The SMILES string of the molecule is Cc1cc(Br)ccc1NC(C)c1ccc2[nH]c(=O)[nH]c2c1. The van der Waals surface area contributed by atoms with E-state index in [1.807, 2.05) is 24.3 Å². The summed E-state index contributed by atoms with van der Waals surface area (Å²) in [6.45, 7) is 4.18. The third kappa shape index (κ3) is 2.88. The van der Waals surface area contributed by atoms with Crippen LogP contribution in [0, 0.1) is 6.92 Å². The number of anilines is 1. The summed E-state index contributed by atoms with van der Waals surface area (Å²) >= 11 is 3.47. The molecule has 0 aliphatic carbocycles. The minimum absolute atomic E-state index is 0.146. The molecule has 21 heavy (non-hydrogen) atoms. The van der Waals surface area contributed by atoms with E-state index in [1.165, 1.54) is 5.56 Å². The number of halogens is 1. The Morgan fingerprint density at radius 1 is 1.10 bits per heavy atom. The summed E-state index contributed by atoms with van der Waals surface area (Å²) in [6.07, 6.45) is 0. The molecule has 0 bridgehead atoms. The van der Waals surface area contributed by atoms with Crippen LogP contribution in [0.25, 0.3) is 11.0 Å². The molecule has 0 aliphatic heterocycles. The lowest BCUT2D eigenvalue weighted by atomic mass is 10.1. The molecule has 3 N–H and O–H groups in total. The maximum Gasteiger partial charge on any atom is 0.323 e. The van der Waals surface area contributed by atoms with Crippen LogP contribution in [0.4, 0.5) is 5.69 Å². The fourth-order valence-corrected chi connectivity index (χ4v) is 2.90. The fourth-order valence-electron chi connectivity index (χ4n) is 2.43. The number of aryl methyl sites for hydroxylation is 1. The first kappa shape index (κ1) is 13.9. The zero-order valence-corrected chi connectivity index (χ0v) is 13.4. The van der Waals surface area contributed by atoms with E-state index in [4.69, 9.17) is 0 Å². The third-order valence-corrected chi connectivity index (χ3v) is 4.09. The second-order valence-electron chi connectivity index (χ2n) is 5.21. The molecule has 0 saturated heterocycles. The lowest BCUT2D eigenvalue weighted by molar-refractivity contribution is 0.884. The molecule has 4 nitrogen and oxygen atoms in total. The molecule has 0 radical (unpaired) electrons. The lowest BCUT2D eigenvalue weighted by Gasteiger charge is -2.17. The molecule has 0 fully saturated rings. The smallest absolute Gasteiger partial charge is 0.323 e. The van der Waals surface area contributed by atoms with Gasteiger partial charge in [-0.3, -0.25) is 0 Å². The standard InChI is InChI=1S/C16H16BrN3O/c1-9-7-12(17)4-6-13(9)18-10(2)11-3-5-14-15(8-11)20-16(21)19-14/h3-8,10,18H,1-2H3,(H2,19,20,21). The molecule has 0 spiro atoms. The van der Waals surface area contributed by atoms with Crippen LogP contribution in [0.15, 0.2) is 45.7 Å². The van der Waals surface area contributed by atoms with Crippen molar-refractivity contribution >= 4 is 32.7 Å². The Hall–Kier alpha value is -2.01. The normalized spacial score (nSPS) is 12.5. The minimum Gasteiger partial charge on any atom is -0.378 e. The quantitative estimate of drug-likeness (QED) is 0.669. The molecular weight excluding hydrogens is 330 g/mol. The third-order valence-electron chi connectivity index (χ3n) is 3.60. The van der Waals surface area contributed by atoms with Crippen LogP contribution in [-0.4, -0.2) is 9.97 Å². The molecule has 1 atom stereocenters. The second-order valence-corrected chi connectivity index (χ2v) is 6.13. The Balaban J connectivity index is 1.89. The highest BCUT2D eigenvalue weighted by Gasteiger charge is 2.09. The zero-order valence-electron chi connectivity index (χ0n) is 11.8. The number of benzene rings is 2. The van der Waals surface area contributed by atoms with E-state index < -0.39 is 0 Å². The molecule has 3 aromatic rings. The Bertz CT molecular complexity index is 850. The van der Waals surface area contributed by atoms with Gasteiger partial charge in [-0.2, -0.15) is 0 Å². The largest absolute Gasteiger partial charge is 0.378 e. The first-order chi connectivity index (χ1) is 10.0. The van der Waals surface area contributed by atoms with Crippen molar-refractivity contribution in [2.24, 2.45) is 0 Å². The van der Waals surface area contributed by atoms with Gasteiger partial charge in [0.1, 0.15) is 0 Å². The summed E-state index contributed by atoms with van der Waals surface area (Å²) in [7, 11) is 0. The number of fused-ring (bicyclic) bond motifs is 1. The Morgan fingerprint density at radius 3 is 2.62 bits per heavy atom. The van der Waals surface area contributed by atoms with Crippen molar-refractivity contribution < 1.29 is 0 Å². The molecule has 108 valence electrons. The highest BCUT2D eigenvalue weighted by molar-refractivity contribution is 9.10. The molecule has 0 aliphatic rings. The van der Waals surface area contributed by atoms with E-state index in [2.05, 4.69) is 57.2 Å². The molecule has 5 heteroatoms. The van der Waals surface area contributed by atoms with Gasteiger partial charge in [-0.1, -0.05) is 22.0 Å². The van der Waals surface area contributed by atoms with Gasteiger partial charge in [-0.25, -0.2) is 4.79 Å². The molecule has 0 amide bonds. The van der Waals surface area contributed by atoms with E-state index in [9.17, 15) is 4.79 Å². The molecule has 1 heterocycles. The van der Waals surface area contributed by atoms with Crippen LogP contribution < -0.4 is 11.0 Å². The zero-order chi connectivity index (χ0) is 15.0. The Kier molecular flexibility index (Phi) is 3.59. The highest BCUT2D eigenvalue weighted by Crippen LogP contribution is 2.25. The summed E-state index contributed by atoms with van der Waals surface area (Å²) in [5.74, 6) is 0. The minimum atomic E-state index is -0.175. The average Bonchev–Trinajstić information content (AvgIpc) is 2.80. The van der Waals surface area contributed by atoms with Crippen LogP contribution in [-0.2, 0) is 0 Å². The number of nitrogens with one attached hydrogen (secondary N) is 3. The highest BCUT2D eigenvalue weighted by atomic mass is 79.9. The van der Waals surface area contributed by atoms with Crippen molar-refractivity contribution in [3.63, 3.8) is 0 Å².